The van der Waals surface area contributed by atoms with E-state index in [1.54, 1.807) is 11.8 Å². The van der Waals surface area contributed by atoms with Crippen molar-refractivity contribution < 1.29 is 14.3 Å². The van der Waals surface area contributed by atoms with Crippen LogP contribution in [0.1, 0.15) is 51.9 Å². The van der Waals surface area contributed by atoms with E-state index in [1.807, 2.05) is 39.5 Å². The first-order valence-electron chi connectivity index (χ1n) is 12.4. The first-order valence-corrected chi connectivity index (χ1v) is 13.1. The van der Waals surface area contributed by atoms with Crippen LogP contribution in [0.4, 0.5) is 10.6 Å². The number of carbonyl (C=O) groups excluding carboxylic acids is 1. The Morgan fingerprint density at radius 1 is 1.18 bits per heavy atom. The third-order valence-corrected chi connectivity index (χ3v) is 7.21. The highest BCUT2D eigenvalue weighted by molar-refractivity contribution is 6.43. The van der Waals surface area contributed by atoms with Gasteiger partial charge in [-0.1, -0.05) is 37.0 Å². The second-order valence-corrected chi connectivity index (χ2v) is 11.5. The fraction of sp³-hybridized carbons (Fsp3) is 0.520. The normalized spacial score (nSPS) is 17.3. The third-order valence-electron chi connectivity index (χ3n) is 6.49. The number of rotatable bonds is 2. The lowest BCUT2D eigenvalue weighted by Crippen LogP contribution is -2.57. The molecule has 1 atom stereocenters. The van der Waals surface area contributed by atoms with Crippen molar-refractivity contribution >= 4 is 46.1 Å². The quantitative estimate of drug-likeness (QED) is 0.425. The summed E-state index contributed by atoms with van der Waals surface area (Å²) in [5, 5.41) is 0.585. The zero-order valence-electron chi connectivity index (χ0n) is 22.1. The smallest absolute Gasteiger partial charge is 0.410 e. The van der Waals surface area contributed by atoms with E-state index < -0.39 is 17.4 Å². The van der Waals surface area contributed by atoms with Crippen LogP contribution < -0.4 is 15.3 Å². The van der Waals surface area contributed by atoms with Crippen LogP contribution in [0.15, 0.2) is 11.1 Å². The number of fused-ring (bicyclic) bond motifs is 2. The molecule has 2 aliphatic heterocycles. The van der Waals surface area contributed by atoms with Gasteiger partial charge in [0.15, 0.2) is 16.5 Å². The van der Waals surface area contributed by atoms with Crippen LogP contribution in [0, 0.1) is 6.92 Å². The number of pyridine rings is 1. The molecule has 0 N–H and O–H groups in total. The van der Waals surface area contributed by atoms with Gasteiger partial charge in [-0.25, -0.2) is 29.1 Å². The van der Waals surface area contributed by atoms with Crippen LogP contribution in [-0.4, -0.2) is 73.4 Å². The van der Waals surface area contributed by atoms with E-state index in [1.165, 1.54) is 10.9 Å². The van der Waals surface area contributed by atoms with Gasteiger partial charge in [0, 0.05) is 19.6 Å². The summed E-state index contributed by atoms with van der Waals surface area (Å²) in [6, 6.07) is -0.308. The highest BCUT2D eigenvalue weighted by Gasteiger charge is 2.38. The standard InChI is InChI=1S/C25H29Cl2N7O4/c1-12(2)17-18(13(3)28-11-29-17)34-22-15-19(16(26)20(27)30-22)37-10-14-9-32(24(36)38-25(4,5)6)7-8-33(14)21(15)31-23(34)35/h11-12,14H,7-10H2,1-6H3/t14-/m1/s1. The molecule has 202 valence electrons. The molecule has 3 aromatic rings. The number of ether oxygens (including phenoxy) is 2. The number of hydrogen-bond donors (Lipinski definition) is 0. The average molecular weight is 562 g/mol. The summed E-state index contributed by atoms with van der Waals surface area (Å²) in [6.45, 7) is 12.5. The second kappa shape index (κ2) is 9.53. The zero-order valence-corrected chi connectivity index (χ0v) is 23.6. The van der Waals surface area contributed by atoms with Crippen molar-refractivity contribution in [3.05, 3.63) is 38.4 Å². The molecule has 0 saturated carbocycles. The second-order valence-electron chi connectivity index (χ2n) is 10.7. The van der Waals surface area contributed by atoms with E-state index in [0.717, 1.165) is 0 Å². The molecule has 1 fully saturated rings. The number of nitrogens with zero attached hydrogens (tertiary/aromatic N) is 7. The van der Waals surface area contributed by atoms with E-state index in [-0.39, 0.29) is 40.1 Å². The van der Waals surface area contributed by atoms with Crippen molar-refractivity contribution in [1.82, 2.24) is 29.4 Å². The van der Waals surface area contributed by atoms with Crippen molar-refractivity contribution in [2.45, 2.75) is 59.1 Å². The summed E-state index contributed by atoms with van der Waals surface area (Å²) >= 11 is 13.0. The van der Waals surface area contributed by atoms with Gasteiger partial charge in [0.25, 0.3) is 0 Å². The fourth-order valence-electron chi connectivity index (χ4n) is 4.83. The zero-order chi connectivity index (χ0) is 27.5. The molecule has 0 bridgehead atoms. The van der Waals surface area contributed by atoms with E-state index in [2.05, 4.69) is 19.9 Å². The largest absolute Gasteiger partial charge is 0.489 e. The molecule has 0 radical (unpaired) electrons. The summed E-state index contributed by atoms with van der Waals surface area (Å²) in [4.78, 5) is 47.9. The Morgan fingerprint density at radius 3 is 2.61 bits per heavy atom. The molecule has 3 aromatic heterocycles. The molecule has 13 heteroatoms. The molecule has 1 saturated heterocycles. The molecule has 0 spiro atoms. The highest BCUT2D eigenvalue weighted by Crippen LogP contribution is 2.44. The van der Waals surface area contributed by atoms with Crippen LogP contribution in [0.5, 0.6) is 5.75 Å². The lowest BCUT2D eigenvalue weighted by atomic mass is 10.1. The van der Waals surface area contributed by atoms with E-state index in [0.29, 0.717) is 47.9 Å². The Balaban J connectivity index is 1.69. The topological polar surface area (TPSA) is 116 Å². The molecule has 0 aliphatic carbocycles. The van der Waals surface area contributed by atoms with Gasteiger partial charge in [-0.15, -0.1) is 0 Å². The van der Waals surface area contributed by atoms with Gasteiger partial charge in [-0.3, -0.25) is 0 Å². The molecule has 0 unspecified atom stereocenters. The van der Waals surface area contributed by atoms with Crippen LogP contribution in [-0.2, 0) is 4.74 Å². The molecular weight excluding hydrogens is 533 g/mol. The molecule has 5 rings (SSSR count). The van der Waals surface area contributed by atoms with Crippen molar-refractivity contribution in [3.63, 3.8) is 0 Å². The third kappa shape index (κ3) is 4.51. The van der Waals surface area contributed by atoms with Gasteiger partial charge in [-0.05, 0) is 33.6 Å². The monoisotopic (exact) mass is 561 g/mol. The summed E-state index contributed by atoms with van der Waals surface area (Å²) in [5.74, 6) is 0.666. The van der Waals surface area contributed by atoms with Gasteiger partial charge in [0.05, 0.1) is 23.1 Å². The number of halogens is 2. The van der Waals surface area contributed by atoms with Crippen molar-refractivity contribution in [1.29, 1.82) is 0 Å². The summed E-state index contributed by atoms with van der Waals surface area (Å²) in [5.41, 5.74) is 0.838. The van der Waals surface area contributed by atoms with Crippen molar-refractivity contribution in [2.24, 2.45) is 0 Å². The predicted octanol–water partition coefficient (Wildman–Crippen LogP) is 4.13. The Morgan fingerprint density at radius 2 is 1.92 bits per heavy atom. The van der Waals surface area contributed by atoms with E-state index in [9.17, 15) is 9.59 Å². The van der Waals surface area contributed by atoms with Gasteiger partial charge in [0.2, 0.25) is 0 Å². The number of carbonyl (C=O) groups is 1. The van der Waals surface area contributed by atoms with Crippen LogP contribution in [0.25, 0.3) is 16.7 Å². The summed E-state index contributed by atoms with van der Waals surface area (Å²) in [7, 11) is 0. The maximum absolute atomic E-state index is 13.7. The molecule has 5 heterocycles. The lowest BCUT2D eigenvalue weighted by Gasteiger charge is -2.41. The number of hydrogen-bond acceptors (Lipinski definition) is 9. The minimum atomic E-state index is -0.618. The van der Waals surface area contributed by atoms with Crippen LogP contribution >= 0.6 is 23.2 Å². The van der Waals surface area contributed by atoms with Crippen LogP contribution in [0.2, 0.25) is 10.2 Å². The first kappa shape index (κ1) is 26.4. The lowest BCUT2D eigenvalue weighted by molar-refractivity contribution is 0.0202. The van der Waals surface area contributed by atoms with Gasteiger partial charge in [-0.2, -0.15) is 4.98 Å². The number of aromatic nitrogens is 5. The van der Waals surface area contributed by atoms with Gasteiger partial charge in [0.1, 0.15) is 34.8 Å². The Labute approximate surface area is 229 Å². The van der Waals surface area contributed by atoms with Crippen molar-refractivity contribution in [3.8, 4) is 11.4 Å². The summed E-state index contributed by atoms with van der Waals surface area (Å²) in [6.07, 6.45) is 1.06. The predicted molar refractivity (Wildman–Crippen MR) is 144 cm³/mol. The molecule has 1 amide bonds. The number of anilines is 1. The van der Waals surface area contributed by atoms with E-state index >= 15 is 0 Å². The molecule has 0 aromatic carbocycles. The molecule has 11 nitrogen and oxygen atoms in total. The van der Waals surface area contributed by atoms with Gasteiger partial charge < -0.3 is 19.3 Å². The average Bonchev–Trinajstić information content (AvgIpc) is 2.99. The highest BCUT2D eigenvalue weighted by atomic mass is 35.5. The minimum Gasteiger partial charge on any atom is -0.489 e. The number of aryl methyl sites for hydroxylation is 1. The SMILES string of the molecule is Cc1ncnc(C(C)C)c1-n1c(=O)nc2c3c(c(Cl)c(Cl)nc31)OC[C@H]1CN(C(=O)OC(C)(C)C)CCN21. The van der Waals surface area contributed by atoms with Crippen LogP contribution in [0.3, 0.4) is 0 Å². The Hall–Kier alpha value is -3.18. The Bertz CT molecular complexity index is 1500. The number of amides is 1. The van der Waals surface area contributed by atoms with E-state index in [4.69, 9.17) is 32.7 Å². The maximum Gasteiger partial charge on any atom is 0.410 e. The Kier molecular flexibility index (Phi) is 6.63. The maximum atomic E-state index is 13.7. The summed E-state index contributed by atoms with van der Waals surface area (Å²) < 4.78 is 13.2. The fourth-order valence-corrected chi connectivity index (χ4v) is 5.19. The minimum absolute atomic E-state index is 0.00433. The van der Waals surface area contributed by atoms with Gasteiger partial charge >= 0.3 is 11.8 Å². The van der Waals surface area contributed by atoms with Crippen molar-refractivity contribution in [2.75, 3.05) is 31.1 Å². The molecule has 38 heavy (non-hydrogen) atoms. The first-order chi connectivity index (χ1) is 17.9. The molecule has 2 aliphatic rings. The molecular formula is C25H29Cl2N7O4. The number of piperazine rings is 1.